The minimum absolute atomic E-state index is 0.128. The second-order valence-corrected chi connectivity index (χ2v) is 9.58. The molecule has 2 aromatic carbocycles. The lowest BCUT2D eigenvalue weighted by Gasteiger charge is -2.24. The van der Waals surface area contributed by atoms with E-state index in [2.05, 4.69) is 24.4 Å². The average molecular weight is 416 g/mol. The summed E-state index contributed by atoms with van der Waals surface area (Å²) in [6.07, 6.45) is 1.81. The number of sulfonamides is 1. The lowest BCUT2D eigenvalue weighted by molar-refractivity contribution is -0.120. The summed E-state index contributed by atoms with van der Waals surface area (Å²) in [5.41, 5.74) is 2.97. The van der Waals surface area contributed by atoms with E-state index in [0.29, 0.717) is 25.3 Å². The van der Waals surface area contributed by atoms with Gasteiger partial charge in [-0.25, -0.2) is 8.42 Å². The van der Waals surface area contributed by atoms with Crippen molar-refractivity contribution in [3.05, 3.63) is 59.7 Å². The Morgan fingerprint density at radius 2 is 1.72 bits per heavy atom. The van der Waals surface area contributed by atoms with Crippen molar-refractivity contribution in [1.82, 2.24) is 9.21 Å². The SMILES string of the molecule is Cc1ccccc1CN(C)[C@H](C)C(=O)Nc1ccc(S(=O)(=O)N2CCCC2)cc1. The molecule has 1 heterocycles. The van der Waals surface area contributed by atoms with Gasteiger partial charge in [-0.2, -0.15) is 4.31 Å². The van der Waals surface area contributed by atoms with E-state index < -0.39 is 10.0 Å². The van der Waals surface area contributed by atoms with Gasteiger partial charge in [-0.3, -0.25) is 9.69 Å². The van der Waals surface area contributed by atoms with Gasteiger partial charge in [-0.05, 0) is 69.1 Å². The Hall–Kier alpha value is -2.22. The van der Waals surface area contributed by atoms with E-state index in [9.17, 15) is 13.2 Å². The van der Waals surface area contributed by atoms with Crippen molar-refractivity contribution in [3.63, 3.8) is 0 Å². The molecule has 1 aliphatic heterocycles. The molecule has 0 bridgehead atoms. The number of hydrogen-bond acceptors (Lipinski definition) is 4. The van der Waals surface area contributed by atoms with Crippen LogP contribution < -0.4 is 5.32 Å². The summed E-state index contributed by atoms with van der Waals surface area (Å²) < 4.78 is 26.7. The maximum atomic E-state index is 12.6. The quantitative estimate of drug-likeness (QED) is 0.754. The largest absolute Gasteiger partial charge is 0.325 e. The van der Waals surface area contributed by atoms with Crippen LogP contribution in [0.15, 0.2) is 53.4 Å². The van der Waals surface area contributed by atoms with Gasteiger partial charge in [0.2, 0.25) is 15.9 Å². The molecule has 7 heteroatoms. The molecule has 6 nitrogen and oxygen atoms in total. The van der Waals surface area contributed by atoms with Crippen LogP contribution in [0.5, 0.6) is 0 Å². The maximum Gasteiger partial charge on any atom is 0.243 e. The Labute approximate surface area is 173 Å². The first kappa shape index (κ1) is 21.5. The maximum absolute atomic E-state index is 12.6. The van der Waals surface area contributed by atoms with Gasteiger partial charge in [0.25, 0.3) is 0 Å². The van der Waals surface area contributed by atoms with Crippen LogP contribution in [0.2, 0.25) is 0 Å². The van der Waals surface area contributed by atoms with Gasteiger partial charge in [0.05, 0.1) is 10.9 Å². The van der Waals surface area contributed by atoms with E-state index in [4.69, 9.17) is 0 Å². The van der Waals surface area contributed by atoms with Crippen molar-refractivity contribution < 1.29 is 13.2 Å². The number of anilines is 1. The molecule has 0 aliphatic carbocycles. The van der Waals surface area contributed by atoms with Crippen LogP contribution in [0.1, 0.15) is 30.9 Å². The van der Waals surface area contributed by atoms with Gasteiger partial charge in [-0.1, -0.05) is 24.3 Å². The Kier molecular flexibility index (Phi) is 6.72. The summed E-state index contributed by atoms with van der Waals surface area (Å²) in [7, 11) is -1.52. The van der Waals surface area contributed by atoms with Crippen LogP contribution in [0, 0.1) is 6.92 Å². The Bertz CT molecular complexity index is 952. The van der Waals surface area contributed by atoms with Gasteiger partial charge in [0, 0.05) is 25.3 Å². The molecular formula is C22H29N3O3S. The van der Waals surface area contributed by atoms with Crippen molar-refractivity contribution >= 4 is 21.6 Å². The van der Waals surface area contributed by atoms with Crippen molar-refractivity contribution in [2.75, 3.05) is 25.5 Å². The first-order valence-electron chi connectivity index (χ1n) is 9.95. The first-order chi connectivity index (χ1) is 13.8. The molecule has 3 rings (SSSR count). The Morgan fingerprint density at radius 1 is 1.10 bits per heavy atom. The molecule has 2 aromatic rings. The second kappa shape index (κ2) is 9.07. The highest BCUT2D eigenvalue weighted by Gasteiger charge is 2.27. The van der Waals surface area contributed by atoms with E-state index in [-0.39, 0.29) is 16.8 Å². The molecule has 0 aromatic heterocycles. The van der Waals surface area contributed by atoms with Crippen molar-refractivity contribution in [2.45, 2.75) is 44.2 Å². The molecule has 0 radical (unpaired) electrons. The summed E-state index contributed by atoms with van der Waals surface area (Å²) in [5, 5.41) is 2.88. The van der Waals surface area contributed by atoms with E-state index in [1.807, 2.05) is 31.0 Å². The lowest BCUT2D eigenvalue weighted by atomic mass is 10.1. The number of nitrogens with one attached hydrogen (secondary N) is 1. The fourth-order valence-electron chi connectivity index (χ4n) is 3.43. The summed E-state index contributed by atoms with van der Waals surface area (Å²) in [6, 6.07) is 14.2. The molecule has 1 atom stereocenters. The highest BCUT2D eigenvalue weighted by atomic mass is 32.2. The number of rotatable bonds is 7. The molecule has 0 saturated carbocycles. The third kappa shape index (κ3) is 5.04. The number of amides is 1. The lowest BCUT2D eigenvalue weighted by Crippen LogP contribution is -2.39. The first-order valence-corrected chi connectivity index (χ1v) is 11.4. The topological polar surface area (TPSA) is 69.7 Å². The second-order valence-electron chi connectivity index (χ2n) is 7.64. The monoisotopic (exact) mass is 415 g/mol. The van der Waals surface area contributed by atoms with Crippen LogP contribution in [0.3, 0.4) is 0 Å². The van der Waals surface area contributed by atoms with Gasteiger partial charge < -0.3 is 5.32 Å². The predicted molar refractivity (Wildman–Crippen MR) is 115 cm³/mol. The van der Waals surface area contributed by atoms with Crippen LogP contribution >= 0.6 is 0 Å². The molecule has 0 unspecified atom stereocenters. The van der Waals surface area contributed by atoms with Crippen molar-refractivity contribution in [1.29, 1.82) is 0 Å². The zero-order valence-electron chi connectivity index (χ0n) is 17.3. The molecule has 0 spiro atoms. The minimum atomic E-state index is -3.44. The number of hydrogen-bond donors (Lipinski definition) is 1. The fourth-order valence-corrected chi connectivity index (χ4v) is 4.94. The van der Waals surface area contributed by atoms with Gasteiger partial charge in [0.1, 0.15) is 0 Å². The Balaban J connectivity index is 1.62. The molecule has 1 saturated heterocycles. The van der Waals surface area contributed by atoms with E-state index in [1.165, 1.54) is 15.4 Å². The number of aryl methyl sites for hydroxylation is 1. The third-order valence-corrected chi connectivity index (χ3v) is 7.46. The number of carbonyl (C=O) groups excluding carboxylic acids is 1. The average Bonchev–Trinajstić information content (AvgIpc) is 3.25. The number of carbonyl (C=O) groups is 1. The van der Waals surface area contributed by atoms with E-state index in [1.54, 1.807) is 24.3 Å². The van der Waals surface area contributed by atoms with Gasteiger partial charge >= 0.3 is 0 Å². The standard InChI is InChI=1S/C22H29N3O3S/c1-17-8-4-5-9-19(17)16-24(3)18(2)22(26)23-20-10-12-21(13-11-20)29(27,28)25-14-6-7-15-25/h4-5,8-13,18H,6-7,14-16H2,1-3H3,(H,23,26)/t18-/m1/s1. The molecule has 1 aliphatic rings. The highest BCUT2D eigenvalue weighted by molar-refractivity contribution is 7.89. The van der Waals surface area contributed by atoms with Gasteiger partial charge in [0.15, 0.2) is 0 Å². The summed E-state index contributed by atoms with van der Waals surface area (Å²) in [5.74, 6) is -0.128. The fraction of sp³-hybridized carbons (Fsp3) is 0.409. The predicted octanol–water partition coefficient (Wildman–Crippen LogP) is 3.24. The molecular weight excluding hydrogens is 386 g/mol. The molecule has 156 valence electrons. The number of nitrogens with zero attached hydrogens (tertiary/aromatic N) is 2. The van der Waals surface area contributed by atoms with Crippen LogP contribution in [-0.2, 0) is 21.4 Å². The molecule has 1 N–H and O–H groups in total. The Morgan fingerprint density at radius 3 is 2.34 bits per heavy atom. The van der Waals surface area contributed by atoms with Gasteiger partial charge in [-0.15, -0.1) is 0 Å². The summed E-state index contributed by atoms with van der Waals surface area (Å²) in [6.45, 7) is 5.75. The minimum Gasteiger partial charge on any atom is -0.325 e. The van der Waals surface area contributed by atoms with Crippen molar-refractivity contribution in [3.8, 4) is 0 Å². The number of benzene rings is 2. The molecule has 29 heavy (non-hydrogen) atoms. The smallest absolute Gasteiger partial charge is 0.243 e. The molecule has 1 fully saturated rings. The van der Waals surface area contributed by atoms with E-state index in [0.717, 1.165) is 12.8 Å². The number of likely N-dealkylation sites (N-methyl/N-ethyl adjacent to an activating group) is 1. The van der Waals surface area contributed by atoms with Crippen LogP contribution in [0.4, 0.5) is 5.69 Å². The van der Waals surface area contributed by atoms with E-state index >= 15 is 0 Å². The zero-order valence-corrected chi connectivity index (χ0v) is 18.1. The normalized spacial score (nSPS) is 16.1. The summed E-state index contributed by atoms with van der Waals surface area (Å²) >= 11 is 0. The highest BCUT2D eigenvalue weighted by Crippen LogP contribution is 2.22. The van der Waals surface area contributed by atoms with Crippen LogP contribution in [0.25, 0.3) is 0 Å². The summed E-state index contributed by atoms with van der Waals surface area (Å²) in [4.78, 5) is 14.9. The van der Waals surface area contributed by atoms with Crippen molar-refractivity contribution in [2.24, 2.45) is 0 Å². The zero-order chi connectivity index (χ0) is 21.0. The molecule has 1 amide bonds. The third-order valence-electron chi connectivity index (χ3n) is 5.55. The van der Waals surface area contributed by atoms with Crippen LogP contribution in [-0.4, -0.2) is 49.7 Å².